The van der Waals surface area contributed by atoms with Crippen molar-refractivity contribution < 1.29 is 5.11 Å². The van der Waals surface area contributed by atoms with Gasteiger partial charge in [-0.25, -0.2) is 0 Å². The summed E-state index contributed by atoms with van der Waals surface area (Å²) < 4.78 is 0. The van der Waals surface area contributed by atoms with E-state index in [0.29, 0.717) is 5.92 Å². The Balaban J connectivity index is 2.37. The summed E-state index contributed by atoms with van der Waals surface area (Å²) in [7, 11) is 1.91. The lowest BCUT2D eigenvalue weighted by molar-refractivity contribution is 0.476. The van der Waals surface area contributed by atoms with E-state index in [1.807, 2.05) is 24.2 Å². The van der Waals surface area contributed by atoms with Crippen LogP contribution in [0.5, 0.6) is 5.75 Å². The Labute approximate surface area is 108 Å². The van der Waals surface area contributed by atoms with Gasteiger partial charge in [-0.15, -0.1) is 0 Å². The molecular formula is C15H17N2O. The number of nitrogens with zero attached hydrogens (tertiary/aromatic N) is 2. The maximum Gasteiger partial charge on any atom is 0.139 e. The molecule has 0 spiro atoms. The van der Waals surface area contributed by atoms with Crippen molar-refractivity contribution in [1.29, 1.82) is 0 Å². The number of phenols is 1. The van der Waals surface area contributed by atoms with Crippen molar-refractivity contribution in [2.24, 2.45) is 0 Å². The Hall–Kier alpha value is -2.03. The highest BCUT2D eigenvalue weighted by molar-refractivity contribution is 5.67. The number of aromatic hydroxyl groups is 1. The molecule has 0 fully saturated rings. The zero-order chi connectivity index (χ0) is 13.1. The minimum Gasteiger partial charge on any atom is -0.506 e. The van der Waals surface area contributed by atoms with E-state index in [0.717, 1.165) is 11.4 Å². The molecule has 3 nitrogen and oxygen atoms in total. The largest absolute Gasteiger partial charge is 0.506 e. The van der Waals surface area contributed by atoms with Crippen LogP contribution in [0, 0.1) is 6.07 Å². The summed E-state index contributed by atoms with van der Waals surface area (Å²) in [6, 6.07) is 10.1. The van der Waals surface area contributed by atoms with Crippen molar-refractivity contribution in [3.8, 4) is 5.75 Å². The summed E-state index contributed by atoms with van der Waals surface area (Å²) in [5.41, 5.74) is 2.89. The van der Waals surface area contributed by atoms with Crippen LogP contribution in [-0.2, 0) is 0 Å². The molecule has 2 rings (SSSR count). The number of hydrogen-bond acceptors (Lipinski definition) is 3. The first-order chi connectivity index (χ1) is 8.59. The molecule has 1 radical (unpaired) electrons. The van der Waals surface area contributed by atoms with Gasteiger partial charge < -0.3 is 10.0 Å². The maximum absolute atomic E-state index is 9.83. The van der Waals surface area contributed by atoms with Crippen LogP contribution in [0.4, 0.5) is 11.4 Å². The number of hydrogen-bond donors (Lipinski definition) is 1. The second-order valence-electron chi connectivity index (χ2n) is 4.61. The third-order valence-corrected chi connectivity index (χ3v) is 2.98. The maximum atomic E-state index is 9.83. The van der Waals surface area contributed by atoms with Crippen LogP contribution >= 0.6 is 0 Å². The van der Waals surface area contributed by atoms with Crippen molar-refractivity contribution in [2.75, 3.05) is 11.9 Å². The van der Waals surface area contributed by atoms with E-state index in [1.54, 1.807) is 18.3 Å². The van der Waals surface area contributed by atoms with Gasteiger partial charge in [-0.3, -0.25) is 4.98 Å². The summed E-state index contributed by atoms with van der Waals surface area (Å²) in [4.78, 5) is 6.17. The quantitative estimate of drug-likeness (QED) is 0.893. The van der Waals surface area contributed by atoms with E-state index >= 15 is 0 Å². The van der Waals surface area contributed by atoms with Crippen LogP contribution < -0.4 is 4.90 Å². The van der Waals surface area contributed by atoms with Crippen molar-refractivity contribution in [1.82, 2.24) is 4.98 Å². The molecule has 1 N–H and O–H groups in total. The number of phenolic OH excluding ortho intramolecular Hbond substituents is 1. The molecule has 0 saturated heterocycles. The average molecular weight is 241 g/mol. The summed E-state index contributed by atoms with van der Waals surface area (Å²) in [6.07, 6.45) is 3.67. The third kappa shape index (κ3) is 2.45. The van der Waals surface area contributed by atoms with Gasteiger partial charge in [0, 0.05) is 13.2 Å². The van der Waals surface area contributed by atoms with Crippen LogP contribution in [-0.4, -0.2) is 17.1 Å². The highest BCUT2D eigenvalue weighted by Crippen LogP contribution is 2.31. The van der Waals surface area contributed by atoms with Gasteiger partial charge in [0.2, 0.25) is 0 Å². The molecule has 0 aliphatic carbocycles. The zero-order valence-electron chi connectivity index (χ0n) is 10.9. The Bertz CT molecular complexity index is 538. The topological polar surface area (TPSA) is 36.4 Å². The van der Waals surface area contributed by atoms with Crippen molar-refractivity contribution >= 4 is 11.4 Å². The molecule has 0 aliphatic heterocycles. The van der Waals surface area contributed by atoms with Crippen molar-refractivity contribution in [3.05, 3.63) is 48.3 Å². The van der Waals surface area contributed by atoms with Gasteiger partial charge in [0.25, 0.3) is 0 Å². The molecule has 0 bridgehead atoms. The number of anilines is 2. The summed E-state index contributed by atoms with van der Waals surface area (Å²) >= 11 is 0. The van der Waals surface area contributed by atoms with Crippen LogP contribution in [0.25, 0.3) is 0 Å². The predicted octanol–water partition coefficient (Wildman–Crippen LogP) is 3.48. The third-order valence-electron chi connectivity index (χ3n) is 2.98. The lowest BCUT2D eigenvalue weighted by Gasteiger charge is -2.21. The van der Waals surface area contributed by atoms with Gasteiger partial charge in [-0.05, 0) is 35.7 Å². The van der Waals surface area contributed by atoms with E-state index in [9.17, 15) is 5.11 Å². The lowest BCUT2D eigenvalue weighted by atomic mass is 10.1. The molecule has 1 aromatic carbocycles. The van der Waals surface area contributed by atoms with Crippen molar-refractivity contribution in [3.63, 3.8) is 0 Å². The van der Waals surface area contributed by atoms with Crippen LogP contribution in [0.2, 0.25) is 0 Å². The Kier molecular flexibility index (Phi) is 3.51. The highest BCUT2D eigenvalue weighted by atomic mass is 16.3. The van der Waals surface area contributed by atoms with Gasteiger partial charge in [-0.2, -0.15) is 0 Å². The number of rotatable bonds is 3. The van der Waals surface area contributed by atoms with Crippen LogP contribution in [0.1, 0.15) is 25.3 Å². The molecule has 1 heterocycles. The summed E-state index contributed by atoms with van der Waals surface area (Å²) in [6.45, 7) is 4.27. The van der Waals surface area contributed by atoms with Gasteiger partial charge in [-0.1, -0.05) is 19.9 Å². The van der Waals surface area contributed by atoms with E-state index in [4.69, 9.17) is 0 Å². The Morgan fingerprint density at radius 2 is 2.11 bits per heavy atom. The number of pyridine rings is 1. The lowest BCUT2D eigenvalue weighted by Crippen LogP contribution is -2.10. The number of benzene rings is 1. The minimum atomic E-state index is 0.218. The van der Waals surface area contributed by atoms with E-state index in [2.05, 4.69) is 31.0 Å². The fourth-order valence-corrected chi connectivity index (χ4v) is 1.78. The van der Waals surface area contributed by atoms with E-state index in [1.165, 1.54) is 5.56 Å². The molecule has 0 aliphatic rings. The first-order valence-electron chi connectivity index (χ1n) is 5.97. The molecule has 0 saturated carbocycles. The molecule has 0 unspecified atom stereocenters. The van der Waals surface area contributed by atoms with E-state index in [-0.39, 0.29) is 5.75 Å². The molecule has 0 amide bonds. The molecular weight excluding hydrogens is 224 g/mol. The second kappa shape index (κ2) is 5.08. The monoisotopic (exact) mass is 241 g/mol. The van der Waals surface area contributed by atoms with Crippen LogP contribution in [0.3, 0.4) is 0 Å². The van der Waals surface area contributed by atoms with Gasteiger partial charge in [0.05, 0.1) is 17.6 Å². The highest BCUT2D eigenvalue weighted by Gasteiger charge is 2.10. The van der Waals surface area contributed by atoms with Gasteiger partial charge >= 0.3 is 0 Å². The second-order valence-corrected chi connectivity index (χ2v) is 4.61. The van der Waals surface area contributed by atoms with Gasteiger partial charge in [0.1, 0.15) is 5.75 Å². The van der Waals surface area contributed by atoms with Crippen LogP contribution in [0.15, 0.2) is 36.7 Å². The molecule has 2 aromatic rings. The summed E-state index contributed by atoms with van der Waals surface area (Å²) in [5, 5.41) is 9.83. The summed E-state index contributed by atoms with van der Waals surface area (Å²) in [5.74, 6) is 0.651. The number of aromatic nitrogens is 1. The normalized spacial score (nSPS) is 10.7. The van der Waals surface area contributed by atoms with Crippen molar-refractivity contribution in [2.45, 2.75) is 19.8 Å². The Morgan fingerprint density at radius 3 is 2.78 bits per heavy atom. The van der Waals surface area contributed by atoms with Gasteiger partial charge in [0.15, 0.2) is 0 Å². The molecule has 18 heavy (non-hydrogen) atoms. The fraction of sp³-hybridized carbons (Fsp3) is 0.267. The Morgan fingerprint density at radius 1 is 1.33 bits per heavy atom. The minimum absolute atomic E-state index is 0.218. The smallest absolute Gasteiger partial charge is 0.139 e. The molecule has 0 atom stereocenters. The fourth-order valence-electron chi connectivity index (χ4n) is 1.78. The SMILES string of the molecule is CC(C)c1cncc(N(C)c2cc[c]cc2O)c1. The van der Waals surface area contributed by atoms with E-state index < -0.39 is 0 Å². The zero-order valence-corrected chi connectivity index (χ0v) is 10.9. The first kappa shape index (κ1) is 12.4. The molecule has 93 valence electrons. The molecule has 3 heteroatoms. The standard InChI is InChI=1S/C15H17N2O/c1-11(2)12-8-13(10-16-9-12)17(3)14-6-4-5-7-15(14)18/h4,6-11,18H,1-3H3. The predicted molar refractivity (Wildman–Crippen MR) is 73.3 cm³/mol. The average Bonchev–Trinajstić information content (AvgIpc) is 2.38. The first-order valence-corrected chi connectivity index (χ1v) is 5.97. The molecule has 1 aromatic heterocycles.